The highest BCUT2D eigenvalue weighted by Crippen LogP contribution is 2.33. The summed E-state index contributed by atoms with van der Waals surface area (Å²) in [6, 6.07) is 9.35. The molecule has 0 saturated heterocycles. The Balaban J connectivity index is 2.46. The Labute approximate surface area is 136 Å². The molecule has 0 atom stereocenters. The van der Waals surface area contributed by atoms with Crippen LogP contribution in [0.4, 0.5) is 5.69 Å². The van der Waals surface area contributed by atoms with Crippen molar-refractivity contribution < 1.29 is 9.66 Å². The molecule has 0 fully saturated rings. The predicted octanol–water partition coefficient (Wildman–Crippen LogP) is 4.20. The Bertz CT molecular complexity index is 735. The second-order valence-corrected chi connectivity index (χ2v) is 5.80. The van der Waals surface area contributed by atoms with Gasteiger partial charge in [-0.05, 0) is 34.1 Å². The number of hydrogen-bond donors (Lipinski definition) is 2. The topological polar surface area (TPSA) is 102 Å². The Morgan fingerprint density at radius 1 is 1.29 bits per heavy atom. The van der Waals surface area contributed by atoms with E-state index in [1.807, 2.05) is 0 Å². The zero-order valence-electron chi connectivity index (χ0n) is 10.5. The lowest BCUT2D eigenvalue weighted by molar-refractivity contribution is -0.385. The lowest BCUT2D eigenvalue weighted by Crippen LogP contribution is -2.13. The number of hydrogen-bond acceptors (Lipinski definition) is 4. The number of nitro groups is 1. The fraction of sp³-hybridized carbons (Fsp3) is 0. The number of nitrogen functional groups attached to an aromatic ring is 1. The molecule has 0 amide bonds. The minimum atomic E-state index is -0.510. The first kappa shape index (κ1) is 15.5. The summed E-state index contributed by atoms with van der Waals surface area (Å²) in [6.07, 6.45) is 0. The van der Waals surface area contributed by atoms with Crippen LogP contribution in [-0.4, -0.2) is 10.8 Å². The van der Waals surface area contributed by atoms with E-state index in [2.05, 4.69) is 31.9 Å². The third-order valence-corrected chi connectivity index (χ3v) is 3.66. The number of benzene rings is 2. The Morgan fingerprint density at radius 2 is 2.00 bits per heavy atom. The van der Waals surface area contributed by atoms with Crippen molar-refractivity contribution in [3.8, 4) is 11.5 Å². The third-order valence-electron chi connectivity index (χ3n) is 2.54. The maximum absolute atomic E-state index is 10.9. The van der Waals surface area contributed by atoms with Gasteiger partial charge in [0.25, 0.3) is 5.69 Å². The second-order valence-electron chi connectivity index (χ2n) is 4.03. The number of ether oxygens (including phenoxy) is 1. The number of rotatable bonds is 4. The van der Waals surface area contributed by atoms with Crippen molar-refractivity contribution in [1.82, 2.24) is 0 Å². The molecule has 21 heavy (non-hydrogen) atoms. The van der Waals surface area contributed by atoms with Crippen LogP contribution in [0.2, 0.25) is 0 Å². The van der Waals surface area contributed by atoms with Gasteiger partial charge in [0.1, 0.15) is 17.3 Å². The van der Waals surface area contributed by atoms with E-state index in [1.165, 1.54) is 12.1 Å². The molecule has 0 spiro atoms. The molecule has 2 rings (SSSR count). The molecule has 8 heteroatoms. The van der Waals surface area contributed by atoms with E-state index in [0.29, 0.717) is 20.3 Å². The monoisotopic (exact) mass is 413 g/mol. The molecular weight excluding hydrogens is 406 g/mol. The Hall–Kier alpha value is -1.93. The summed E-state index contributed by atoms with van der Waals surface area (Å²) in [5, 5.41) is 18.4. The molecule has 0 radical (unpaired) electrons. The van der Waals surface area contributed by atoms with Gasteiger partial charge in [-0.3, -0.25) is 15.5 Å². The second kappa shape index (κ2) is 6.23. The van der Waals surface area contributed by atoms with Gasteiger partial charge in [0.2, 0.25) is 0 Å². The van der Waals surface area contributed by atoms with Gasteiger partial charge in [0.05, 0.1) is 16.6 Å². The summed E-state index contributed by atoms with van der Waals surface area (Å²) < 4.78 is 6.77. The van der Waals surface area contributed by atoms with E-state index in [4.69, 9.17) is 15.9 Å². The van der Waals surface area contributed by atoms with Crippen LogP contribution < -0.4 is 10.5 Å². The van der Waals surface area contributed by atoms with E-state index in [-0.39, 0.29) is 17.3 Å². The minimum Gasteiger partial charge on any atom is -0.456 e. The summed E-state index contributed by atoms with van der Waals surface area (Å²) in [6.45, 7) is 0. The van der Waals surface area contributed by atoms with Crippen LogP contribution in [0.3, 0.4) is 0 Å². The number of nitrogens with one attached hydrogen (secondary N) is 1. The van der Waals surface area contributed by atoms with Crippen LogP contribution in [0.25, 0.3) is 0 Å². The molecule has 0 bridgehead atoms. The largest absolute Gasteiger partial charge is 0.456 e. The SMILES string of the molecule is N=C(N)c1c(Br)cccc1Oc1cc(Br)cc([N+](=O)[O-])c1. The number of amidine groups is 1. The van der Waals surface area contributed by atoms with Crippen LogP contribution in [-0.2, 0) is 0 Å². The molecule has 0 aliphatic rings. The van der Waals surface area contributed by atoms with Crippen molar-refractivity contribution in [2.24, 2.45) is 5.73 Å². The van der Waals surface area contributed by atoms with E-state index < -0.39 is 4.92 Å². The average Bonchev–Trinajstić information content (AvgIpc) is 2.37. The number of non-ortho nitro benzene ring substituents is 1. The summed E-state index contributed by atoms with van der Waals surface area (Å²) in [5.41, 5.74) is 5.82. The van der Waals surface area contributed by atoms with Crippen LogP contribution in [0.15, 0.2) is 45.3 Å². The van der Waals surface area contributed by atoms with Crippen molar-refractivity contribution in [1.29, 1.82) is 5.41 Å². The molecule has 0 aliphatic heterocycles. The van der Waals surface area contributed by atoms with E-state index in [0.717, 1.165) is 0 Å². The number of nitrogens with two attached hydrogens (primary N) is 1. The minimum absolute atomic E-state index is 0.0984. The molecule has 0 unspecified atom stereocenters. The van der Waals surface area contributed by atoms with Crippen LogP contribution in [0.1, 0.15) is 5.56 Å². The smallest absolute Gasteiger partial charge is 0.274 e. The highest BCUT2D eigenvalue weighted by atomic mass is 79.9. The van der Waals surface area contributed by atoms with Gasteiger partial charge < -0.3 is 10.5 Å². The lowest BCUT2D eigenvalue weighted by Gasteiger charge is -2.12. The fourth-order valence-corrected chi connectivity index (χ4v) is 2.71. The Morgan fingerprint density at radius 3 is 2.62 bits per heavy atom. The van der Waals surface area contributed by atoms with Gasteiger partial charge in [-0.15, -0.1) is 0 Å². The van der Waals surface area contributed by atoms with Crippen LogP contribution >= 0.6 is 31.9 Å². The van der Waals surface area contributed by atoms with Crippen molar-refractivity contribution in [3.63, 3.8) is 0 Å². The van der Waals surface area contributed by atoms with Gasteiger partial charge in [0, 0.05) is 15.0 Å². The molecule has 0 saturated carbocycles. The highest BCUT2D eigenvalue weighted by molar-refractivity contribution is 9.10. The zero-order chi connectivity index (χ0) is 15.6. The standard InChI is InChI=1S/C13H9Br2N3O3/c14-7-4-8(18(19)20)6-9(5-7)21-11-3-1-2-10(15)12(11)13(16)17/h1-6H,(H3,16,17). The van der Waals surface area contributed by atoms with Crippen molar-refractivity contribution >= 4 is 43.4 Å². The van der Waals surface area contributed by atoms with E-state index in [9.17, 15) is 10.1 Å². The summed E-state index contributed by atoms with van der Waals surface area (Å²) >= 11 is 6.49. The fourth-order valence-electron chi connectivity index (χ4n) is 1.69. The van der Waals surface area contributed by atoms with Crippen LogP contribution in [0.5, 0.6) is 11.5 Å². The van der Waals surface area contributed by atoms with E-state index in [1.54, 1.807) is 24.3 Å². The molecule has 2 aromatic carbocycles. The molecule has 3 N–H and O–H groups in total. The molecule has 108 valence electrons. The first-order valence-corrected chi connectivity index (χ1v) is 7.23. The number of nitrogens with zero attached hydrogens (tertiary/aromatic N) is 1. The van der Waals surface area contributed by atoms with Gasteiger partial charge >= 0.3 is 0 Å². The average molecular weight is 415 g/mol. The molecule has 0 aliphatic carbocycles. The number of nitro benzene ring substituents is 1. The molecule has 6 nitrogen and oxygen atoms in total. The molecule has 2 aromatic rings. The third kappa shape index (κ3) is 3.59. The van der Waals surface area contributed by atoms with Crippen molar-refractivity contribution in [3.05, 3.63) is 61.0 Å². The summed E-state index contributed by atoms with van der Waals surface area (Å²) in [4.78, 5) is 10.3. The summed E-state index contributed by atoms with van der Waals surface area (Å²) in [5.74, 6) is 0.447. The first-order valence-electron chi connectivity index (χ1n) is 5.64. The van der Waals surface area contributed by atoms with Gasteiger partial charge in [-0.2, -0.15) is 0 Å². The normalized spacial score (nSPS) is 10.2. The highest BCUT2D eigenvalue weighted by Gasteiger charge is 2.14. The predicted molar refractivity (Wildman–Crippen MR) is 86.0 cm³/mol. The van der Waals surface area contributed by atoms with Gasteiger partial charge in [-0.25, -0.2) is 0 Å². The number of halogens is 2. The van der Waals surface area contributed by atoms with Crippen molar-refractivity contribution in [2.45, 2.75) is 0 Å². The maximum Gasteiger partial charge on any atom is 0.274 e. The molecule has 0 aromatic heterocycles. The van der Waals surface area contributed by atoms with Gasteiger partial charge in [0.15, 0.2) is 0 Å². The molecular formula is C13H9Br2N3O3. The van der Waals surface area contributed by atoms with Gasteiger partial charge in [-0.1, -0.05) is 22.0 Å². The van der Waals surface area contributed by atoms with Crippen LogP contribution in [0, 0.1) is 15.5 Å². The quantitative estimate of drug-likeness (QED) is 0.338. The summed E-state index contributed by atoms with van der Waals surface area (Å²) in [7, 11) is 0. The Kier molecular flexibility index (Phi) is 4.59. The lowest BCUT2D eigenvalue weighted by atomic mass is 10.2. The zero-order valence-corrected chi connectivity index (χ0v) is 13.6. The molecule has 0 heterocycles. The maximum atomic E-state index is 10.9. The van der Waals surface area contributed by atoms with E-state index >= 15 is 0 Å². The first-order chi connectivity index (χ1) is 9.88. The van der Waals surface area contributed by atoms with Crippen molar-refractivity contribution in [2.75, 3.05) is 0 Å².